The van der Waals surface area contributed by atoms with E-state index in [1.807, 2.05) is 0 Å². The molecule has 2 fully saturated rings. The molecule has 1 amide bonds. The lowest BCUT2D eigenvalue weighted by Crippen LogP contribution is -2.45. The van der Waals surface area contributed by atoms with E-state index in [4.69, 9.17) is 4.99 Å². The molecule has 31 heavy (non-hydrogen) atoms. The number of fused-ring (bicyclic) bond motifs is 1. The molecule has 6 nitrogen and oxygen atoms in total. The SMILES string of the molecule is CCNC(=NCCc1c[nH]c2cccc(C)c12)NC1CCN(C(=O)C2CCCCC2)C1. The Labute approximate surface area is 185 Å². The highest BCUT2D eigenvalue weighted by Gasteiger charge is 2.31. The zero-order valence-corrected chi connectivity index (χ0v) is 19.0. The molecule has 3 N–H and O–H groups in total. The van der Waals surface area contributed by atoms with Crippen molar-refractivity contribution in [3.05, 3.63) is 35.5 Å². The number of hydrogen-bond acceptors (Lipinski definition) is 2. The molecule has 4 rings (SSSR count). The summed E-state index contributed by atoms with van der Waals surface area (Å²) in [6.45, 7) is 7.47. The maximum atomic E-state index is 12.8. The van der Waals surface area contributed by atoms with E-state index in [0.29, 0.717) is 5.91 Å². The van der Waals surface area contributed by atoms with E-state index >= 15 is 0 Å². The van der Waals surface area contributed by atoms with Gasteiger partial charge in [0.2, 0.25) is 5.91 Å². The van der Waals surface area contributed by atoms with Crippen molar-refractivity contribution in [1.29, 1.82) is 0 Å². The molecule has 1 atom stereocenters. The van der Waals surface area contributed by atoms with Crippen LogP contribution in [0.1, 0.15) is 56.6 Å². The predicted molar refractivity (Wildman–Crippen MR) is 127 cm³/mol. The van der Waals surface area contributed by atoms with Gasteiger partial charge in [-0.1, -0.05) is 31.4 Å². The summed E-state index contributed by atoms with van der Waals surface area (Å²) in [5.41, 5.74) is 3.81. The smallest absolute Gasteiger partial charge is 0.225 e. The van der Waals surface area contributed by atoms with Crippen molar-refractivity contribution >= 4 is 22.8 Å². The van der Waals surface area contributed by atoms with Gasteiger partial charge >= 0.3 is 0 Å². The Bertz CT molecular complexity index is 912. The van der Waals surface area contributed by atoms with Gasteiger partial charge in [0.1, 0.15) is 0 Å². The topological polar surface area (TPSA) is 72.5 Å². The standard InChI is InChI=1S/C25H37N5O/c1-3-26-25(27-14-12-20-16-28-22-11-7-8-18(2)23(20)22)29-21-13-15-30(17-21)24(31)19-9-5-4-6-10-19/h7-8,11,16,19,21,28H,3-6,9-10,12-15,17H2,1-2H3,(H2,26,27,29). The van der Waals surface area contributed by atoms with Crippen molar-refractivity contribution in [2.24, 2.45) is 10.9 Å². The number of nitrogens with one attached hydrogen (secondary N) is 3. The molecule has 2 aromatic rings. The quantitative estimate of drug-likeness (QED) is 0.489. The van der Waals surface area contributed by atoms with Crippen molar-refractivity contribution in [2.75, 3.05) is 26.2 Å². The summed E-state index contributed by atoms with van der Waals surface area (Å²) >= 11 is 0. The van der Waals surface area contributed by atoms with Crippen LogP contribution in [0.5, 0.6) is 0 Å². The number of aryl methyl sites for hydroxylation is 1. The fourth-order valence-corrected chi connectivity index (χ4v) is 5.14. The number of aliphatic imine (C=N–C) groups is 1. The van der Waals surface area contributed by atoms with Crippen molar-refractivity contribution < 1.29 is 4.79 Å². The van der Waals surface area contributed by atoms with Crippen molar-refractivity contribution in [3.63, 3.8) is 0 Å². The van der Waals surface area contributed by atoms with Crippen molar-refractivity contribution in [2.45, 2.75) is 64.8 Å². The second-order valence-electron chi connectivity index (χ2n) is 9.07. The summed E-state index contributed by atoms with van der Waals surface area (Å²) in [5, 5.41) is 8.27. The minimum absolute atomic E-state index is 0.258. The van der Waals surface area contributed by atoms with Crippen molar-refractivity contribution in [3.8, 4) is 0 Å². The number of guanidine groups is 1. The second-order valence-corrected chi connectivity index (χ2v) is 9.07. The van der Waals surface area contributed by atoms with Gasteiger partial charge in [-0.15, -0.1) is 0 Å². The first kappa shape index (κ1) is 21.7. The zero-order valence-electron chi connectivity index (χ0n) is 19.0. The first-order valence-electron chi connectivity index (χ1n) is 12.0. The average molecular weight is 424 g/mol. The maximum absolute atomic E-state index is 12.8. The van der Waals surface area contributed by atoms with Crippen LogP contribution >= 0.6 is 0 Å². The normalized spacial score (nSPS) is 20.4. The first-order valence-corrected chi connectivity index (χ1v) is 12.0. The Morgan fingerprint density at radius 3 is 2.87 bits per heavy atom. The van der Waals surface area contributed by atoms with E-state index in [-0.39, 0.29) is 12.0 Å². The summed E-state index contributed by atoms with van der Waals surface area (Å²) in [5.74, 6) is 1.49. The molecule has 2 heterocycles. The summed E-state index contributed by atoms with van der Waals surface area (Å²) in [4.78, 5) is 23.1. The zero-order chi connectivity index (χ0) is 21.6. The van der Waals surface area contributed by atoms with Crippen LogP contribution in [0.15, 0.2) is 29.4 Å². The molecule has 6 heteroatoms. The number of hydrogen-bond donors (Lipinski definition) is 3. The highest BCUT2D eigenvalue weighted by Crippen LogP contribution is 2.27. The van der Waals surface area contributed by atoms with E-state index in [1.165, 1.54) is 41.3 Å². The lowest BCUT2D eigenvalue weighted by Gasteiger charge is -2.26. The van der Waals surface area contributed by atoms with Crippen LogP contribution in [-0.2, 0) is 11.2 Å². The van der Waals surface area contributed by atoms with Crippen LogP contribution in [-0.4, -0.2) is 54.0 Å². The molecule has 0 bridgehead atoms. The third kappa shape index (κ3) is 5.23. The molecular weight excluding hydrogens is 386 g/mol. The van der Waals surface area contributed by atoms with Gasteiger partial charge in [0.15, 0.2) is 5.96 Å². The molecule has 0 radical (unpaired) electrons. The van der Waals surface area contributed by atoms with Gasteiger partial charge in [0, 0.05) is 55.2 Å². The summed E-state index contributed by atoms with van der Waals surface area (Å²) < 4.78 is 0. The number of rotatable bonds is 6. The number of carbonyl (C=O) groups excluding carboxylic acids is 1. The Kier molecular flexibility index (Phi) is 7.15. The molecule has 1 aromatic heterocycles. The van der Waals surface area contributed by atoms with Crippen LogP contribution in [0.4, 0.5) is 0 Å². The highest BCUT2D eigenvalue weighted by atomic mass is 16.2. The van der Waals surface area contributed by atoms with Gasteiger partial charge in [-0.2, -0.15) is 0 Å². The number of carbonyl (C=O) groups is 1. The number of aromatic amines is 1. The fourth-order valence-electron chi connectivity index (χ4n) is 5.14. The average Bonchev–Trinajstić information content (AvgIpc) is 3.42. The molecule has 168 valence electrons. The predicted octanol–water partition coefficient (Wildman–Crippen LogP) is 3.76. The van der Waals surface area contributed by atoms with Crippen LogP contribution in [0.2, 0.25) is 0 Å². The number of H-pyrrole nitrogens is 1. The lowest BCUT2D eigenvalue weighted by atomic mass is 9.88. The van der Waals surface area contributed by atoms with E-state index in [2.05, 4.69) is 58.8 Å². The largest absolute Gasteiger partial charge is 0.361 e. The van der Waals surface area contributed by atoms with Gasteiger partial charge in [0.25, 0.3) is 0 Å². The Morgan fingerprint density at radius 1 is 1.23 bits per heavy atom. The van der Waals surface area contributed by atoms with Gasteiger partial charge in [-0.25, -0.2) is 0 Å². The summed E-state index contributed by atoms with van der Waals surface area (Å²) in [6.07, 6.45) is 9.85. The van der Waals surface area contributed by atoms with E-state index in [9.17, 15) is 4.79 Å². The Balaban J connectivity index is 1.32. The molecule has 1 unspecified atom stereocenters. The molecule has 2 aliphatic rings. The van der Waals surface area contributed by atoms with E-state index in [0.717, 1.165) is 57.8 Å². The summed E-state index contributed by atoms with van der Waals surface area (Å²) in [7, 11) is 0. The molecule has 1 aliphatic heterocycles. The van der Waals surface area contributed by atoms with Crippen LogP contribution in [0.25, 0.3) is 10.9 Å². The Morgan fingerprint density at radius 2 is 2.06 bits per heavy atom. The van der Waals surface area contributed by atoms with E-state index in [1.54, 1.807) is 0 Å². The molecular formula is C25H37N5O. The highest BCUT2D eigenvalue weighted by molar-refractivity contribution is 5.86. The third-order valence-electron chi connectivity index (χ3n) is 6.79. The number of likely N-dealkylation sites (tertiary alicyclic amines) is 1. The first-order chi connectivity index (χ1) is 15.2. The number of benzene rings is 1. The van der Waals surface area contributed by atoms with Gasteiger partial charge in [-0.05, 0) is 56.7 Å². The summed E-state index contributed by atoms with van der Waals surface area (Å²) in [6, 6.07) is 6.66. The van der Waals surface area contributed by atoms with Crippen LogP contribution in [0.3, 0.4) is 0 Å². The minimum atomic E-state index is 0.258. The maximum Gasteiger partial charge on any atom is 0.225 e. The number of aromatic nitrogens is 1. The molecule has 0 spiro atoms. The van der Waals surface area contributed by atoms with Gasteiger partial charge in [0.05, 0.1) is 0 Å². The molecule has 1 aliphatic carbocycles. The molecule has 1 saturated carbocycles. The second kappa shape index (κ2) is 10.2. The van der Waals surface area contributed by atoms with Crippen LogP contribution in [0, 0.1) is 12.8 Å². The van der Waals surface area contributed by atoms with E-state index < -0.39 is 0 Å². The molecule has 1 saturated heterocycles. The third-order valence-corrected chi connectivity index (χ3v) is 6.79. The lowest BCUT2D eigenvalue weighted by molar-refractivity contribution is -0.135. The Hall–Kier alpha value is -2.50. The van der Waals surface area contributed by atoms with Gasteiger partial charge in [-0.3, -0.25) is 9.79 Å². The number of amides is 1. The fraction of sp³-hybridized carbons (Fsp3) is 0.600. The van der Waals surface area contributed by atoms with Crippen LogP contribution < -0.4 is 10.6 Å². The van der Waals surface area contributed by atoms with Crippen molar-refractivity contribution in [1.82, 2.24) is 20.5 Å². The monoisotopic (exact) mass is 423 g/mol. The minimum Gasteiger partial charge on any atom is -0.361 e. The van der Waals surface area contributed by atoms with Gasteiger partial charge < -0.3 is 20.5 Å². The number of nitrogens with zero attached hydrogens (tertiary/aromatic N) is 2. The molecule has 1 aromatic carbocycles.